The predicted octanol–water partition coefficient (Wildman–Crippen LogP) is 1.80. The van der Waals surface area contributed by atoms with E-state index in [4.69, 9.17) is 10.5 Å². The van der Waals surface area contributed by atoms with E-state index in [9.17, 15) is 13.6 Å². The fourth-order valence-electron chi connectivity index (χ4n) is 2.18. The zero-order valence-electron chi connectivity index (χ0n) is 10.7. The zero-order chi connectivity index (χ0) is 14.0. The molecule has 0 radical (unpaired) electrons. The summed E-state index contributed by atoms with van der Waals surface area (Å²) in [5.74, 6) is -2.20. The summed E-state index contributed by atoms with van der Waals surface area (Å²) in [6, 6.07) is 1.95. The highest BCUT2D eigenvalue weighted by Crippen LogP contribution is 2.20. The molecular formula is C13H16F2N2O2. The molecule has 1 heterocycles. The molecule has 2 N–H and O–H groups in total. The van der Waals surface area contributed by atoms with Crippen LogP contribution in [-0.2, 0) is 4.74 Å². The quantitative estimate of drug-likeness (QED) is 0.834. The summed E-state index contributed by atoms with van der Waals surface area (Å²) in [4.78, 5) is 13.7. The largest absolute Gasteiger partial charge is 0.394 e. The van der Waals surface area contributed by atoms with Crippen LogP contribution in [0.25, 0.3) is 0 Å². The number of piperidine rings is 1. The molecule has 1 aliphatic heterocycles. The van der Waals surface area contributed by atoms with E-state index in [0.717, 1.165) is 25.0 Å². The molecule has 1 aliphatic rings. The first-order chi connectivity index (χ1) is 9.02. The van der Waals surface area contributed by atoms with Crippen LogP contribution in [0.5, 0.6) is 0 Å². The Balaban J connectivity index is 2.12. The lowest BCUT2D eigenvalue weighted by molar-refractivity contribution is 0.0350. The van der Waals surface area contributed by atoms with Crippen molar-refractivity contribution in [2.24, 2.45) is 0 Å². The highest BCUT2D eigenvalue weighted by molar-refractivity contribution is 5.94. The van der Waals surface area contributed by atoms with E-state index in [-0.39, 0.29) is 17.6 Å². The summed E-state index contributed by atoms with van der Waals surface area (Å²) < 4.78 is 31.9. The first kappa shape index (κ1) is 13.7. The molecule has 0 atom stereocenters. The number of nitrogens with two attached hydrogens (primary N) is 1. The summed E-state index contributed by atoms with van der Waals surface area (Å²) in [7, 11) is 1.63. The number of carbonyl (C=O) groups excluding carboxylic acids is 1. The fourth-order valence-corrected chi connectivity index (χ4v) is 2.18. The minimum atomic E-state index is -0.907. The van der Waals surface area contributed by atoms with Gasteiger partial charge in [0.15, 0.2) is 0 Å². The van der Waals surface area contributed by atoms with Gasteiger partial charge in [0, 0.05) is 25.8 Å². The second kappa shape index (κ2) is 5.52. The third kappa shape index (κ3) is 2.84. The van der Waals surface area contributed by atoms with Gasteiger partial charge >= 0.3 is 0 Å². The second-order valence-corrected chi connectivity index (χ2v) is 4.58. The maximum Gasteiger partial charge on any atom is 0.254 e. The van der Waals surface area contributed by atoms with Crippen LogP contribution in [0.4, 0.5) is 14.5 Å². The number of likely N-dealkylation sites (tertiary alicyclic amines) is 1. The number of rotatable bonds is 2. The molecule has 1 aromatic carbocycles. The SMILES string of the molecule is COC1CCN(C(=O)c2cc(F)c(N)c(F)c2)CC1. The number of anilines is 1. The van der Waals surface area contributed by atoms with Gasteiger partial charge in [0.25, 0.3) is 5.91 Å². The van der Waals surface area contributed by atoms with Gasteiger partial charge in [-0.2, -0.15) is 0 Å². The lowest BCUT2D eigenvalue weighted by Gasteiger charge is -2.31. The average Bonchev–Trinajstić information content (AvgIpc) is 2.43. The molecule has 0 unspecified atom stereocenters. The van der Waals surface area contributed by atoms with Gasteiger partial charge in [0.05, 0.1) is 6.10 Å². The minimum Gasteiger partial charge on any atom is -0.394 e. The van der Waals surface area contributed by atoms with E-state index in [0.29, 0.717) is 13.1 Å². The van der Waals surface area contributed by atoms with E-state index in [1.165, 1.54) is 0 Å². The van der Waals surface area contributed by atoms with Gasteiger partial charge in [-0.1, -0.05) is 0 Å². The Kier molecular flexibility index (Phi) is 3.99. The van der Waals surface area contributed by atoms with Crippen LogP contribution in [0.1, 0.15) is 23.2 Å². The number of benzene rings is 1. The molecule has 0 aromatic heterocycles. The molecule has 1 aromatic rings. The number of methoxy groups -OCH3 is 1. The van der Waals surface area contributed by atoms with Gasteiger partial charge < -0.3 is 15.4 Å². The lowest BCUT2D eigenvalue weighted by atomic mass is 10.1. The third-order valence-corrected chi connectivity index (χ3v) is 3.39. The molecule has 0 spiro atoms. The van der Waals surface area contributed by atoms with Crippen LogP contribution < -0.4 is 5.73 Å². The first-order valence-electron chi connectivity index (χ1n) is 6.09. The van der Waals surface area contributed by atoms with E-state index < -0.39 is 17.3 Å². The number of nitrogens with zero attached hydrogens (tertiary/aromatic N) is 1. The van der Waals surface area contributed by atoms with Crippen molar-refractivity contribution in [2.45, 2.75) is 18.9 Å². The van der Waals surface area contributed by atoms with E-state index >= 15 is 0 Å². The van der Waals surface area contributed by atoms with Crippen LogP contribution >= 0.6 is 0 Å². The summed E-state index contributed by atoms with van der Waals surface area (Å²) in [6.07, 6.45) is 1.59. The molecule has 1 saturated heterocycles. The van der Waals surface area contributed by atoms with Crippen molar-refractivity contribution in [3.63, 3.8) is 0 Å². The van der Waals surface area contributed by atoms with E-state index in [1.54, 1.807) is 12.0 Å². The molecule has 19 heavy (non-hydrogen) atoms. The highest BCUT2D eigenvalue weighted by Gasteiger charge is 2.24. The number of hydrogen-bond donors (Lipinski definition) is 1. The summed E-state index contributed by atoms with van der Waals surface area (Å²) in [5.41, 5.74) is 4.60. The van der Waals surface area contributed by atoms with Crippen LogP contribution in [-0.4, -0.2) is 37.1 Å². The monoisotopic (exact) mass is 270 g/mol. The molecule has 0 saturated carbocycles. The van der Waals surface area contributed by atoms with Gasteiger partial charge in [0.2, 0.25) is 0 Å². The standard InChI is InChI=1S/C13H16F2N2O2/c1-19-9-2-4-17(5-3-9)13(18)8-6-10(14)12(16)11(15)7-8/h6-7,9H,2-5,16H2,1H3. The average molecular weight is 270 g/mol. The molecule has 6 heteroatoms. The smallest absolute Gasteiger partial charge is 0.254 e. The maximum absolute atomic E-state index is 13.3. The van der Waals surface area contributed by atoms with Gasteiger partial charge in [0.1, 0.15) is 17.3 Å². The van der Waals surface area contributed by atoms with Gasteiger partial charge in [-0.25, -0.2) is 8.78 Å². The van der Waals surface area contributed by atoms with Crippen molar-refractivity contribution in [1.82, 2.24) is 4.90 Å². The number of amides is 1. The Hall–Kier alpha value is -1.69. The Labute approximate surface area is 110 Å². The number of hydrogen-bond acceptors (Lipinski definition) is 3. The number of nitrogen functional groups attached to an aromatic ring is 1. The fraction of sp³-hybridized carbons (Fsp3) is 0.462. The van der Waals surface area contributed by atoms with Crippen molar-refractivity contribution in [2.75, 3.05) is 25.9 Å². The number of halogens is 2. The lowest BCUT2D eigenvalue weighted by Crippen LogP contribution is -2.40. The number of carbonyl (C=O) groups is 1. The molecule has 1 fully saturated rings. The Morgan fingerprint density at radius 2 is 1.84 bits per heavy atom. The molecule has 0 aliphatic carbocycles. The van der Waals surface area contributed by atoms with Crippen LogP contribution in [0, 0.1) is 11.6 Å². The van der Waals surface area contributed by atoms with E-state index in [1.807, 2.05) is 0 Å². The number of ether oxygens (including phenoxy) is 1. The molecular weight excluding hydrogens is 254 g/mol. The molecule has 4 nitrogen and oxygen atoms in total. The molecule has 1 amide bonds. The Bertz CT molecular complexity index is 463. The van der Waals surface area contributed by atoms with Crippen LogP contribution in [0.2, 0.25) is 0 Å². The summed E-state index contributed by atoms with van der Waals surface area (Å²) in [6.45, 7) is 1.04. The zero-order valence-corrected chi connectivity index (χ0v) is 10.7. The van der Waals surface area contributed by atoms with Gasteiger partial charge in [-0.3, -0.25) is 4.79 Å². The molecule has 104 valence electrons. The van der Waals surface area contributed by atoms with Gasteiger partial charge in [-0.05, 0) is 25.0 Å². The maximum atomic E-state index is 13.3. The molecule has 0 bridgehead atoms. The van der Waals surface area contributed by atoms with Crippen LogP contribution in [0.15, 0.2) is 12.1 Å². The minimum absolute atomic E-state index is 0.0138. The Morgan fingerprint density at radius 3 is 2.32 bits per heavy atom. The summed E-state index contributed by atoms with van der Waals surface area (Å²) in [5, 5.41) is 0. The normalized spacial score (nSPS) is 16.7. The first-order valence-corrected chi connectivity index (χ1v) is 6.09. The Morgan fingerprint density at radius 1 is 1.32 bits per heavy atom. The predicted molar refractivity (Wildman–Crippen MR) is 66.7 cm³/mol. The van der Waals surface area contributed by atoms with Crippen molar-refractivity contribution in [3.05, 3.63) is 29.3 Å². The second-order valence-electron chi connectivity index (χ2n) is 4.58. The van der Waals surface area contributed by atoms with Crippen molar-refractivity contribution < 1.29 is 18.3 Å². The van der Waals surface area contributed by atoms with Crippen LogP contribution in [0.3, 0.4) is 0 Å². The van der Waals surface area contributed by atoms with Crippen molar-refractivity contribution in [3.8, 4) is 0 Å². The third-order valence-electron chi connectivity index (χ3n) is 3.39. The van der Waals surface area contributed by atoms with Crippen molar-refractivity contribution in [1.29, 1.82) is 0 Å². The van der Waals surface area contributed by atoms with Crippen molar-refractivity contribution >= 4 is 11.6 Å². The summed E-state index contributed by atoms with van der Waals surface area (Å²) >= 11 is 0. The van der Waals surface area contributed by atoms with Gasteiger partial charge in [-0.15, -0.1) is 0 Å². The highest BCUT2D eigenvalue weighted by atomic mass is 19.1. The van der Waals surface area contributed by atoms with E-state index in [2.05, 4.69) is 0 Å². The molecule has 2 rings (SSSR count). The topological polar surface area (TPSA) is 55.6 Å².